The standard InChI is InChI=1S/C16H19N3O5/c1-6-7(2)13(21)11-10(12(6)20)8(5-24-15(17)22)16(23-3)14-9(18-14)4-19(11)16/h8-9,14,18H,4-5H2,1-3H3,(H2,17,22)/t8-,9+,14?,16-/m1/s1. The molecule has 0 aromatic heterocycles. The van der Waals surface area contributed by atoms with Crippen LogP contribution in [0.5, 0.6) is 0 Å². The number of fused-ring (bicyclic) bond motifs is 4. The van der Waals surface area contributed by atoms with Crippen molar-refractivity contribution < 1.29 is 23.9 Å². The SMILES string of the molecule is CO[C@]12C3N[C@H]3CN1C1=C(C(=O)C(C)=C(C)C1=O)[C@H]2COC(N)=O. The highest BCUT2D eigenvalue weighted by atomic mass is 16.6. The van der Waals surface area contributed by atoms with E-state index in [-0.39, 0.29) is 30.3 Å². The second-order valence-electron chi connectivity index (χ2n) is 6.67. The van der Waals surface area contributed by atoms with E-state index in [9.17, 15) is 14.4 Å². The van der Waals surface area contributed by atoms with Crippen LogP contribution in [0.15, 0.2) is 22.4 Å². The van der Waals surface area contributed by atoms with Gasteiger partial charge in [0.15, 0.2) is 11.5 Å². The third-order valence-electron chi connectivity index (χ3n) is 5.73. The minimum Gasteiger partial charge on any atom is -0.449 e. The van der Waals surface area contributed by atoms with E-state index in [4.69, 9.17) is 15.2 Å². The number of nitrogens with zero attached hydrogens (tertiary/aromatic N) is 1. The monoisotopic (exact) mass is 333 g/mol. The summed E-state index contributed by atoms with van der Waals surface area (Å²) < 4.78 is 10.9. The fraction of sp³-hybridized carbons (Fsp3) is 0.562. The number of hydrogen-bond donors (Lipinski definition) is 2. The zero-order chi connectivity index (χ0) is 17.4. The van der Waals surface area contributed by atoms with Gasteiger partial charge in [0.1, 0.15) is 6.61 Å². The van der Waals surface area contributed by atoms with E-state index < -0.39 is 17.7 Å². The number of piperazine rings is 1. The molecule has 1 aliphatic carbocycles. The minimum absolute atomic E-state index is 0.0178. The van der Waals surface area contributed by atoms with Gasteiger partial charge in [-0.2, -0.15) is 0 Å². The third-order valence-corrected chi connectivity index (χ3v) is 5.73. The molecule has 128 valence electrons. The molecule has 4 rings (SSSR count). The average molecular weight is 333 g/mol. The first-order chi connectivity index (χ1) is 11.3. The van der Waals surface area contributed by atoms with Gasteiger partial charge in [0.25, 0.3) is 0 Å². The lowest BCUT2D eigenvalue weighted by Crippen LogP contribution is -2.55. The van der Waals surface area contributed by atoms with Crippen molar-refractivity contribution in [2.75, 3.05) is 20.3 Å². The molecule has 0 aromatic rings. The van der Waals surface area contributed by atoms with Gasteiger partial charge in [-0.1, -0.05) is 0 Å². The lowest BCUT2D eigenvalue weighted by molar-refractivity contribution is -0.137. The molecule has 0 aromatic carbocycles. The molecule has 1 unspecified atom stereocenters. The number of ketones is 2. The number of nitrogens with two attached hydrogens (primary N) is 1. The van der Waals surface area contributed by atoms with Crippen molar-refractivity contribution in [3.05, 3.63) is 22.4 Å². The zero-order valence-corrected chi connectivity index (χ0v) is 13.7. The smallest absolute Gasteiger partial charge is 0.404 e. The molecule has 3 aliphatic heterocycles. The van der Waals surface area contributed by atoms with Gasteiger partial charge in [-0.25, -0.2) is 4.79 Å². The molecule has 3 heterocycles. The summed E-state index contributed by atoms with van der Waals surface area (Å²) >= 11 is 0. The summed E-state index contributed by atoms with van der Waals surface area (Å²) in [6.45, 7) is 3.78. The fourth-order valence-corrected chi connectivity index (χ4v) is 4.41. The first-order valence-electron chi connectivity index (χ1n) is 7.86. The summed E-state index contributed by atoms with van der Waals surface area (Å²) in [6.07, 6.45) is -0.918. The second-order valence-corrected chi connectivity index (χ2v) is 6.67. The second kappa shape index (κ2) is 4.67. The van der Waals surface area contributed by atoms with Crippen molar-refractivity contribution in [3.8, 4) is 0 Å². The Bertz CT molecular complexity index is 755. The van der Waals surface area contributed by atoms with Crippen LogP contribution in [0.3, 0.4) is 0 Å². The van der Waals surface area contributed by atoms with Crippen molar-refractivity contribution in [1.29, 1.82) is 0 Å². The predicted octanol–water partition coefficient (Wildman–Crippen LogP) is -0.547. The summed E-state index contributed by atoms with van der Waals surface area (Å²) in [5.41, 5.74) is 5.85. The topological polar surface area (TPSA) is 121 Å². The molecule has 2 saturated heterocycles. The van der Waals surface area contributed by atoms with E-state index in [1.165, 1.54) is 0 Å². The first-order valence-corrected chi connectivity index (χ1v) is 7.86. The largest absolute Gasteiger partial charge is 0.449 e. The molecule has 0 spiro atoms. The lowest BCUT2D eigenvalue weighted by atomic mass is 9.81. The van der Waals surface area contributed by atoms with Gasteiger partial charge in [-0.3, -0.25) is 9.59 Å². The number of methoxy groups -OCH3 is 1. The number of Topliss-reactive ketones (excluding diaryl/α,β-unsaturated/α-hetero) is 2. The average Bonchev–Trinajstić information content (AvgIpc) is 3.16. The zero-order valence-electron chi connectivity index (χ0n) is 13.7. The Balaban J connectivity index is 1.85. The molecule has 0 saturated carbocycles. The summed E-state index contributed by atoms with van der Waals surface area (Å²) in [4.78, 5) is 38.7. The third kappa shape index (κ3) is 1.62. The molecule has 4 atom stereocenters. The minimum atomic E-state index is -0.918. The van der Waals surface area contributed by atoms with Crippen LogP contribution < -0.4 is 11.1 Å². The van der Waals surface area contributed by atoms with E-state index in [1.807, 2.05) is 4.90 Å². The summed E-state index contributed by atoms with van der Waals surface area (Å²) in [6, 6.07) is 0.182. The van der Waals surface area contributed by atoms with Crippen LogP contribution in [0.2, 0.25) is 0 Å². The van der Waals surface area contributed by atoms with Crippen LogP contribution >= 0.6 is 0 Å². The van der Waals surface area contributed by atoms with E-state index in [0.717, 1.165) is 0 Å². The van der Waals surface area contributed by atoms with Crippen molar-refractivity contribution >= 4 is 17.7 Å². The Morgan fingerprint density at radius 3 is 2.62 bits per heavy atom. The molecular weight excluding hydrogens is 314 g/mol. The van der Waals surface area contributed by atoms with E-state index in [2.05, 4.69) is 5.32 Å². The number of carbonyl (C=O) groups is 3. The molecule has 1 amide bonds. The molecular formula is C16H19N3O5. The molecule has 4 aliphatic rings. The summed E-state index contributed by atoms with van der Waals surface area (Å²) in [5.74, 6) is -0.913. The highest BCUT2D eigenvalue weighted by Crippen LogP contribution is 2.55. The lowest BCUT2D eigenvalue weighted by Gasteiger charge is -2.39. The molecule has 8 heteroatoms. The number of ether oxygens (including phenoxy) is 2. The number of hydrogen-bond acceptors (Lipinski definition) is 7. The number of amides is 1. The number of primary amides is 1. The highest BCUT2D eigenvalue weighted by molar-refractivity contribution is 6.25. The van der Waals surface area contributed by atoms with Crippen LogP contribution in [-0.4, -0.2) is 60.6 Å². The number of carbonyl (C=O) groups excluding carboxylic acids is 3. The van der Waals surface area contributed by atoms with E-state index in [0.29, 0.717) is 29.0 Å². The van der Waals surface area contributed by atoms with E-state index >= 15 is 0 Å². The predicted molar refractivity (Wildman–Crippen MR) is 81.6 cm³/mol. The molecule has 3 N–H and O–H groups in total. The van der Waals surface area contributed by atoms with Gasteiger partial charge >= 0.3 is 6.09 Å². The van der Waals surface area contributed by atoms with Crippen molar-refractivity contribution in [2.45, 2.75) is 31.7 Å². The van der Waals surface area contributed by atoms with Gasteiger partial charge in [0.2, 0.25) is 5.78 Å². The maximum atomic E-state index is 12.9. The van der Waals surface area contributed by atoms with Crippen LogP contribution in [0.4, 0.5) is 4.79 Å². The number of allylic oxidation sites excluding steroid dienone is 2. The Morgan fingerprint density at radius 1 is 1.33 bits per heavy atom. The molecule has 0 bridgehead atoms. The Morgan fingerprint density at radius 2 is 2.00 bits per heavy atom. The quantitative estimate of drug-likeness (QED) is 0.525. The van der Waals surface area contributed by atoms with Crippen molar-refractivity contribution in [2.24, 2.45) is 11.7 Å². The fourth-order valence-electron chi connectivity index (χ4n) is 4.41. The van der Waals surface area contributed by atoms with Gasteiger partial charge in [0, 0.05) is 36.4 Å². The Kier molecular flexibility index (Phi) is 2.99. The number of nitrogens with one attached hydrogen (secondary N) is 1. The van der Waals surface area contributed by atoms with Gasteiger partial charge in [-0.15, -0.1) is 0 Å². The maximum Gasteiger partial charge on any atom is 0.404 e. The van der Waals surface area contributed by atoms with Gasteiger partial charge in [-0.05, 0) is 13.8 Å². The van der Waals surface area contributed by atoms with Crippen LogP contribution in [0.25, 0.3) is 0 Å². The van der Waals surface area contributed by atoms with Crippen molar-refractivity contribution in [3.63, 3.8) is 0 Å². The van der Waals surface area contributed by atoms with Crippen LogP contribution in [-0.2, 0) is 19.1 Å². The number of rotatable bonds is 3. The normalized spacial score (nSPS) is 36.8. The van der Waals surface area contributed by atoms with Crippen molar-refractivity contribution in [1.82, 2.24) is 10.2 Å². The summed E-state index contributed by atoms with van der Waals surface area (Å²) in [7, 11) is 1.55. The van der Waals surface area contributed by atoms with Crippen LogP contribution in [0, 0.1) is 5.92 Å². The van der Waals surface area contributed by atoms with E-state index in [1.54, 1.807) is 21.0 Å². The van der Waals surface area contributed by atoms with Gasteiger partial charge in [0.05, 0.1) is 17.7 Å². The molecule has 8 nitrogen and oxygen atoms in total. The molecule has 2 fully saturated rings. The van der Waals surface area contributed by atoms with Gasteiger partial charge < -0.3 is 25.4 Å². The molecule has 24 heavy (non-hydrogen) atoms. The highest BCUT2D eigenvalue weighted by Gasteiger charge is 2.72. The first kappa shape index (κ1) is 15.3. The maximum absolute atomic E-state index is 12.9. The Hall–Kier alpha value is -2.19. The molecule has 0 radical (unpaired) electrons. The summed E-state index contributed by atoms with van der Waals surface area (Å²) in [5, 5.41) is 3.31. The van der Waals surface area contributed by atoms with Crippen LogP contribution in [0.1, 0.15) is 13.8 Å². The Labute approximate surface area is 138 Å².